The molecule has 1 rings (SSSR count). The molecule has 2 N–H and O–H groups in total. The van der Waals surface area contributed by atoms with Gasteiger partial charge in [-0.2, -0.15) is 0 Å². The average molecular weight is 355 g/mol. The number of rotatable bonds is 1. The minimum Gasteiger partial charge on any atom is -0.341 e. The highest BCUT2D eigenvalue weighted by atomic mass is 127. The van der Waals surface area contributed by atoms with Gasteiger partial charge in [0.25, 0.3) is 0 Å². The average Bonchev–Trinajstić information content (AvgIpc) is 2.11. The Hall–Kier alpha value is -0.300. The molecule has 2 amide bonds. The van der Waals surface area contributed by atoms with Gasteiger partial charge in [0, 0.05) is 20.8 Å². The molecule has 0 unspecified atom stereocenters. The Labute approximate surface area is 98.6 Å². The van der Waals surface area contributed by atoms with E-state index in [2.05, 4.69) is 49.2 Å². The van der Waals surface area contributed by atoms with Gasteiger partial charge in [-0.05, 0) is 56.7 Å². The summed E-state index contributed by atoms with van der Waals surface area (Å²) < 4.78 is 2.09. The van der Waals surface area contributed by atoms with E-state index >= 15 is 0 Å². The largest absolute Gasteiger partial charge is 0.341 e. The molecule has 0 atom stereocenters. The molecule has 0 saturated heterocycles. The van der Waals surface area contributed by atoms with Gasteiger partial charge < -0.3 is 10.6 Å². The number of carbonyl (C=O) groups is 1. The number of hydrogen-bond acceptors (Lipinski definition) is 1. The molecule has 0 aliphatic carbocycles. The summed E-state index contributed by atoms with van der Waals surface area (Å²) in [5.41, 5.74) is 0.784. The Morgan fingerprint density at radius 1 is 1.54 bits per heavy atom. The van der Waals surface area contributed by atoms with Gasteiger partial charge in [0.15, 0.2) is 0 Å². The fraction of sp³-hybridized carbons (Fsp3) is 0.125. The van der Waals surface area contributed by atoms with Crippen LogP contribution in [0.5, 0.6) is 0 Å². The van der Waals surface area contributed by atoms with Gasteiger partial charge in [0.2, 0.25) is 0 Å². The van der Waals surface area contributed by atoms with Crippen molar-refractivity contribution in [2.45, 2.75) is 0 Å². The molecular formula is C8H8BrIN2O. The number of halogens is 2. The van der Waals surface area contributed by atoms with Crippen LogP contribution >= 0.6 is 38.5 Å². The first-order valence-electron chi connectivity index (χ1n) is 3.57. The number of amides is 2. The van der Waals surface area contributed by atoms with E-state index in [9.17, 15) is 4.79 Å². The summed E-state index contributed by atoms with van der Waals surface area (Å²) in [6, 6.07) is 5.41. The molecule has 0 bridgehead atoms. The molecule has 0 radical (unpaired) electrons. The summed E-state index contributed by atoms with van der Waals surface area (Å²) in [6.07, 6.45) is 0. The van der Waals surface area contributed by atoms with Crippen molar-refractivity contribution in [3.05, 3.63) is 26.2 Å². The van der Waals surface area contributed by atoms with E-state index in [1.807, 2.05) is 18.2 Å². The Balaban J connectivity index is 2.79. The van der Waals surface area contributed by atoms with Crippen molar-refractivity contribution in [1.82, 2.24) is 5.32 Å². The monoisotopic (exact) mass is 354 g/mol. The summed E-state index contributed by atoms with van der Waals surface area (Å²) >= 11 is 5.57. The normalized spacial score (nSPS) is 9.46. The first-order chi connectivity index (χ1) is 6.13. The fourth-order valence-electron chi connectivity index (χ4n) is 0.767. The molecule has 1 aromatic carbocycles. The highest BCUT2D eigenvalue weighted by Gasteiger charge is 2.00. The van der Waals surface area contributed by atoms with E-state index < -0.39 is 0 Å². The lowest BCUT2D eigenvalue weighted by Crippen LogP contribution is -2.24. The first kappa shape index (κ1) is 10.8. The second-order valence-corrected chi connectivity index (χ2v) is 4.35. The van der Waals surface area contributed by atoms with E-state index in [0.717, 1.165) is 13.7 Å². The SMILES string of the molecule is CNC(=O)Nc1ccc(Br)c(I)c1. The maximum absolute atomic E-state index is 10.9. The molecule has 13 heavy (non-hydrogen) atoms. The molecule has 5 heteroatoms. The van der Waals surface area contributed by atoms with Gasteiger partial charge in [-0.3, -0.25) is 0 Å². The second kappa shape index (κ2) is 4.80. The van der Waals surface area contributed by atoms with Crippen LogP contribution in [0.15, 0.2) is 22.7 Å². The Bertz CT molecular complexity index is 330. The van der Waals surface area contributed by atoms with Gasteiger partial charge in [0.1, 0.15) is 0 Å². The number of urea groups is 1. The van der Waals surface area contributed by atoms with E-state index in [0.29, 0.717) is 0 Å². The number of hydrogen-bond donors (Lipinski definition) is 2. The third kappa shape index (κ3) is 3.15. The van der Waals surface area contributed by atoms with Gasteiger partial charge in [-0.25, -0.2) is 4.79 Å². The number of carbonyl (C=O) groups excluding carboxylic acids is 1. The minimum atomic E-state index is -0.210. The molecule has 0 aromatic heterocycles. The van der Waals surface area contributed by atoms with Crippen LogP contribution in [0.3, 0.4) is 0 Å². The molecule has 1 aromatic rings. The van der Waals surface area contributed by atoms with Gasteiger partial charge in [-0.1, -0.05) is 0 Å². The van der Waals surface area contributed by atoms with Crippen molar-refractivity contribution in [1.29, 1.82) is 0 Å². The van der Waals surface area contributed by atoms with Crippen LogP contribution < -0.4 is 10.6 Å². The van der Waals surface area contributed by atoms with Crippen LogP contribution in [0.1, 0.15) is 0 Å². The van der Waals surface area contributed by atoms with Crippen LogP contribution in [-0.2, 0) is 0 Å². The minimum absolute atomic E-state index is 0.210. The summed E-state index contributed by atoms with van der Waals surface area (Å²) in [4.78, 5) is 10.9. The molecule has 0 fully saturated rings. The second-order valence-electron chi connectivity index (χ2n) is 2.33. The number of nitrogens with one attached hydrogen (secondary N) is 2. The smallest absolute Gasteiger partial charge is 0.318 e. The Morgan fingerprint density at radius 3 is 2.77 bits per heavy atom. The lowest BCUT2D eigenvalue weighted by atomic mass is 10.3. The van der Waals surface area contributed by atoms with Crippen LogP contribution in [0.25, 0.3) is 0 Å². The van der Waals surface area contributed by atoms with Crippen molar-refractivity contribution >= 4 is 50.2 Å². The first-order valence-corrected chi connectivity index (χ1v) is 5.44. The van der Waals surface area contributed by atoms with Gasteiger partial charge >= 0.3 is 6.03 Å². The van der Waals surface area contributed by atoms with E-state index in [4.69, 9.17) is 0 Å². The van der Waals surface area contributed by atoms with Crippen LogP contribution in [-0.4, -0.2) is 13.1 Å². The van der Waals surface area contributed by atoms with Gasteiger partial charge in [-0.15, -0.1) is 0 Å². The molecule has 0 spiro atoms. The molecular weight excluding hydrogens is 347 g/mol. The third-order valence-corrected chi connectivity index (χ3v) is 3.73. The summed E-state index contributed by atoms with van der Waals surface area (Å²) in [5.74, 6) is 0. The maximum atomic E-state index is 10.9. The lowest BCUT2D eigenvalue weighted by Gasteiger charge is -2.05. The maximum Gasteiger partial charge on any atom is 0.318 e. The van der Waals surface area contributed by atoms with Crippen LogP contribution in [0.2, 0.25) is 0 Å². The molecule has 3 nitrogen and oxygen atoms in total. The highest BCUT2D eigenvalue weighted by molar-refractivity contribution is 14.1. The van der Waals surface area contributed by atoms with Crippen molar-refractivity contribution in [3.8, 4) is 0 Å². The molecule has 0 aliphatic rings. The number of benzene rings is 1. The molecule has 0 aliphatic heterocycles. The fourth-order valence-corrected chi connectivity index (χ4v) is 1.53. The summed E-state index contributed by atoms with van der Waals surface area (Å²) in [7, 11) is 1.58. The van der Waals surface area contributed by atoms with E-state index in [1.54, 1.807) is 7.05 Å². The Morgan fingerprint density at radius 2 is 2.23 bits per heavy atom. The zero-order chi connectivity index (χ0) is 9.84. The van der Waals surface area contributed by atoms with Crippen molar-refractivity contribution in [2.24, 2.45) is 0 Å². The predicted octanol–water partition coefficient (Wildman–Crippen LogP) is 2.81. The van der Waals surface area contributed by atoms with Gasteiger partial charge in [0.05, 0.1) is 0 Å². The molecule has 70 valence electrons. The summed E-state index contributed by atoms with van der Waals surface area (Å²) in [5, 5.41) is 5.17. The van der Waals surface area contributed by atoms with Crippen LogP contribution in [0.4, 0.5) is 10.5 Å². The third-order valence-electron chi connectivity index (χ3n) is 1.40. The molecule has 0 heterocycles. The standard InChI is InChI=1S/C8H8BrIN2O/c1-11-8(13)12-5-2-3-6(9)7(10)4-5/h2-4H,1H3,(H2,11,12,13). The Kier molecular flexibility index (Phi) is 3.98. The van der Waals surface area contributed by atoms with Crippen molar-refractivity contribution < 1.29 is 4.79 Å². The lowest BCUT2D eigenvalue weighted by molar-refractivity contribution is 0.254. The van der Waals surface area contributed by atoms with E-state index in [-0.39, 0.29) is 6.03 Å². The summed E-state index contributed by atoms with van der Waals surface area (Å²) in [6.45, 7) is 0. The van der Waals surface area contributed by atoms with Crippen molar-refractivity contribution in [3.63, 3.8) is 0 Å². The topological polar surface area (TPSA) is 41.1 Å². The highest BCUT2D eigenvalue weighted by Crippen LogP contribution is 2.22. The van der Waals surface area contributed by atoms with E-state index in [1.165, 1.54) is 0 Å². The predicted molar refractivity (Wildman–Crippen MR) is 64.9 cm³/mol. The quantitative estimate of drug-likeness (QED) is 0.748. The molecule has 0 saturated carbocycles. The van der Waals surface area contributed by atoms with Crippen LogP contribution in [0, 0.1) is 3.57 Å². The zero-order valence-corrected chi connectivity index (χ0v) is 10.6. The zero-order valence-electron chi connectivity index (χ0n) is 6.90. The number of anilines is 1. The van der Waals surface area contributed by atoms with Crippen molar-refractivity contribution in [2.75, 3.05) is 12.4 Å².